The molecule has 148 valence electrons. The molecule has 0 radical (unpaired) electrons. The van der Waals surface area contributed by atoms with Gasteiger partial charge in [-0.05, 0) is 56.3 Å². The molecule has 0 saturated carbocycles. The molecule has 0 fully saturated rings. The Hall–Kier alpha value is -3.60. The van der Waals surface area contributed by atoms with Gasteiger partial charge < -0.3 is 15.0 Å². The Morgan fingerprint density at radius 2 is 1.62 bits per heavy atom. The van der Waals surface area contributed by atoms with Crippen molar-refractivity contribution in [1.29, 1.82) is 0 Å². The van der Waals surface area contributed by atoms with E-state index in [0.717, 1.165) is 11.3 Å². The predicted molar refractivity (Wildman–Crippen MR) is 116 cm³/mol. The van der Waals surface area contributed by atoms with Crippen LogP contribution in [0.5, 0.6) is 5.75 Å². The molecule has 0 aliphatic rings. The second-order valence-corrected chi connectivity index (χ2v) is 6.84. The van der Waals surface area contributed by atoms with Gasteiger partial charge in [0.1, 0.15) is 5.75 Å². The molecule has 5 heteroatoms. The molecule has 3 aromatic carbocycles. The first-order chi connectivity index (χ1) is 13.9. The minimum Gasteiger partial charge on any atom is -0.481 e. The molecule has 1 N–H and O–H groups in total. The number of nitrogens with zero attached hydrogens (tertiary/aromatic N) is 1. The number of carbonyl (C=O) groups excluding carboxylic acids is 2. The molecule has 5 nitrogen and oxygen atoms in total. The fourth-order valence-electron chi connectivity index (χ4n) is 2.81. The zero-order valence-corrected chi connectivity index (χ0v) is 16.8. The zero-order chi connectivity index (χ0) is 20.8. The first-order valence-corrected chi connectivity index (χ1v) is 9.41. The summed E-state index contributed by atoms with van der Waals surface area (Å²) in [6.07, 6.45) is -0.677. The van der Waals surface area contributed by atoms with Crippen LogP contribution in [0.1, 0.15) is 22.8 Å². The molecule has 0 aromatic heterocycles. The number of anilines is 2. The van der Waals surface area contributed by atoms with Gasteiger partial charge >= 0.3 is 0 Å². The van der Waals surface area contributed by atoms with E-state index in [1.54, 1.807) is 43.1 Å². The van der Waals surface area contributed by atoms with Crippen molar-refractivity contribution in [1.82, 2.24) is 0 Å². The quantitative estimate of drug-likeness (QED) is 0.667. The Bertz CT molecular complexity index is 985. The van der Waals surface area contributed by atoms with Crippen LogP contribution in [0.25, 0.3) is 0 Å². The molecule has 1 atom stereocenters. The van der Waals surface area contributed by atoms with Gasteiger partial charge in [0, 0.05) is 24.0 Å². The summed E-state index contributed by atoms with van der Waals surface area (Å²) in [4.78, 5) is 26.8. The monoisotopic (exact) mass is 388 g/mol. The van der Waals surface area contributed by atoms with Crippen molar-refractivity contribution in [3.8, 4) is 5.75 Å². The standard InChI is InChI=1S/C24H24N2O3/c1-17-12-14-22(15-13-17)29-18(2)23(27)25-20-9-7-8-19(16-20)24(28)26(3)21-10-5-4-6-11-21/h4-16,18H,1-3H3,(H,25,27). The lowest BCUT2D eigenvalue weighted by atomic mass is 10.1. The van der Waals surface area contributed by atoms with Crippen molar-refractivity contribution in [3.05, 3.63) is 90.0 Å². The van der Waals surface area contributed by atoms with Crippen LogP contribution in [0.15, 0.2) is 78.9 Å². The summed E-state index contributed by atoms with van der Waals surface area (Å²) in [6, 6.07) is 23.8. The molecule has 2 amide bonds. The molecule has 0 aliphatic heterocycles. The summed E-state index contributed by atoms with van der Waals surface area (Å²) >= 11 is 0. The van der Waals surface area contributed by atoms with Gasteiger partial charge in [-0.3, -0.25) is 9.59 Å². The van der Waals surface area contributed by atoms with E-state index in [1.807, 2.05) is 61.5 Å². The topological polar surface area (TPSA) is 58.6 Å². The lowest BCUT2D eigenvalue weighted by molar-refractivity contribution is -0.122. The number of amides is 2. The maximum absolute atomic E-state index is 12.8. The molecular weight excluding hydrogens is 364 g/mol. The van der Waals surface area contributed by atoms with E-state index < -0.39 is 6.10 Å². The molecule has 3 rings (SSSR count). The Balaban J connectivity index is 1.66. The number of aryl methyl sites for hydroxylation is 1. The SMILES string of the molecule is Cc1ccc(OC(C)C(=O)Nc2cccc(C(=O)N(C)c3ccccc3)c2)cc1. The number of para-hydroxylation sites is 1. The number of benzene rings is 3. The zero-order valence-electron chi connectivity index (χ0n) is 16.8. The predicted octanol–water partition coefficient (Wildman–Crippen LogP) is 4.68. The smallest absolute Gasteiger partial charge is 0.265 e. The fourth-order valence-corrected chi connectivity index (χ4v) is 2.81. The van der Waals surface area contributed by atoms with Crippen molar-refractivity contribution in [2.75, 3.05) is 17.3 Å². The van der Waals surface area contributed by atoms with Crippen LogP contribution in [0.2, 0.25) is 0 Å². The molecule has 0 saturated heterocycles. The molecular formula is C24H24N2O3. The van der Waals surface area contributed by atoms with Gasteiger partial charge in [-0.25, -0.2) is 0 Å². The van der Waals surface area contributed by atoms with Gasteiger partial charge in [0.25, 0.3) is 11.8 Å². The van der Waals surface area contributed by atoms with Crippen molar-refractivity contribution in [2.24, 2.45) is 0 Å². The van der Waals surface area contributed by atoms with Crippen LogP contribution in [-0.4, -0.2) is 25.0 Å². The summed E-state index contributed by atoms with van der Waals surface area (Å²) in [5, 5.41) is 2.81. The molecule has 29 heavy (non-hydrogen) atoms. The van der Waals surface area contributed by atoms with Gasteiger partial charge in [-0.1, -0.05) is 42.0 Å². The van der Waals surface area contributed by atoms with Gasteiger partial charge in [-0.2, -0.15) is 0 Å². The summed E-state index contributed by atoms with van der Waals surface area (Å²) in [7, 11) is 1.72. The molecule has 3 aromatic rings. The van der Waals surface area contributed by atoms with Gasteiger partial charge in [0.15, 0.2) is 6.10 Å². The molecule has 0 heterocycles. The van der Waals surface area contributed by atoms with Crippen molar-refractivity contribution in [2.45, 2.75) is 20.0 Å². The Morgan fingerprint density at radius 3 is 2.31 bits per heavy atom. The van der Waals surface area contributed by atoms with Crippen molar-refractivity contribution >= 4 is 23.2 Å². The largest absolute Gasteiger partial charge is 0.481 e. The average molecular weight is 388 g/mol. The van der Waals surface area contributed by atoms with E-state index in [2.05, 4.69) is 5.32 Å². The summed E-state index contributed by atoms with van der Waals surface area (Å²) in [6.45, 7) is 3.68. The highest BCUT2D eigenvalue weighted by molar-refractivity contribution is 6.06. The van der Waals surface area contributed by atoms with E-state index in [9.17, 15) is 9.59 Å². The van der Waals surface area contributed by atoms with Gasteiger partial charge in [-0.15, -0.1) is 0 Å². The van der Waals surface area contributed by atoms with Crippen LogP contribution in [0.3, 0.4) is 0 Å². The minimum atomic E-state index is -0.677. The first-order valence-electron chi connectivity index (χ1n) is 9.41. The van der Waals surface area contributed by atoms with Gasteiger partial charge in [0.2, 0.25) is 0 Å². The van der Waals surface area contributed by atoms with Crippen LogP contribution < -0.4 is 15.0 Å². The van der Waals surface area contributed by atoms with E-state index in [1.165, 1.54) is 0 Å². The van der Waals surface area contributed by atoms with E-state index in [-0.39, 0.29) is 11.8 Å². The van der Waals surface area contributed by atoms with Crippen LogP contribution >= 0.6 is 0 Å². The Kier molecular flexibility index (Phi) is 6.29. The molecule has 0 bridgehead atoms. The summed E-state index contributed by atoms with van der Waals surface area (Å²) < 4.78 is 5.69. The number of hydrogen-bond donors (Lipinski definition) is 1. The highest BCUT2D eigenvalue weighted by atomic mass is 16.5. The summed E-state index contributed by atoms with van der Waals surface area (Å²) in [5.74, 6) is 0.189. The molecule has 1 unspecified atom stereocenters. The average Bonchev–Trinajstić information content (AvgIpc) is 2.75. The number of rotatable bonds is 6. The lowest BCUT2D eigenvalue weighted by Crippen LogP contribution is -2.30. The summed E-state index contributed by atoms with van der Waals surface area (Å²) in [5.41, 5.74) is 2.95. The lowest BCUT2D eigenvalue weighted by Gasteiger charge is -2.18. The number of hydrogen-bond acceptors (Lipinski definition) is 3. The van der Waals surface area contributed by atoms with Crippen LogP contribution in [0.4, 0.5) is 11.4 Å². The number of carbonyl (C=O) groups is 2. The van der Waals surface area contributed by atoms with Crippen molar-refractivity contribution in [3.63, 3.8) is 0 Å². The van der Waals surface area contributed by atoms with E-state index >= 15 is 0 Å². The highest BCUT2D eigenvalue weighted by Crippen LogP contribution is 2.18. The second-order valence-electron chi connectivity index (χ2n) is 6.84. The van der Waals surface area contributed by atoms with Crippen LogP contribution in [0, 0.1) is 6.92 Å². The first kappa shape index (κ1) is 20.1. The third-order valence-corrected chi connectivity index (χ3v) is 4.53. The third kappa shape index (κ3) is 5.23. The Morgan fingerprint density at radius 1 is 0.931 bits per heavy atom. The number of nitrogens with one attached hydrogen (secondary N) is 1. The number of ether oxygens (including phenoxy) is 1. The van der Waals surface area contributed by atoms with Crippen LogP contribution in [-0.2, 0) is 4.79 Å². The fraction of sp³-hybridized carbons (Fsp3) is 0.167. The van der Waals surface area contributed by atoms with E-state index in [0.29, 0.717) is 17.0 Å². The maximum Gasteiger partial charge on any atom is 0.265 e. The Labute approximate surface area is 170 Å². The second kappa shape index (κ2) is 9.06. The minimum absolute atomic E-state index is 0.156. The molecule has 0 aliphatic carbocycles. The maximum atomic E-state index is 12.8. The third-order valence-electron chi connectivity index (χ3n) is 4.53. The molecule has 0 spiro atoms. The normalized spacial score (nSPS) is 11.4. The van der Waals surface area contributed by atoms with E-state index in [4.69, 9.17) is 4.74 Å². The van der Waals surface area contributed by atoms with Gasteiger partial charge in [0.05, 0.1) is 0 Å². The highest BCUT2D eigenvalue weighted by Gasteiger charge is 2.17. The van der Waals surface area contributed by atoms with Crippen molar-refractivity contribution < 1.29 is 14.3 Å².